The molecule has 3 aromatic rings. The van der Waals surface area contributed by atoms with Crippen LogP contribution in [0, 0.1) is 12.7 Å². The van der Waals surface area contributed by atoms with Crippen LogP contribution in [0.2, 0.25) is 10.0 Å². The first-order valence-corrected chi connectivity index (χ1v) is 8.59. The molecule has 0 aliphatic heterocycles. The number of nitrogens with one attached hydrogen (secondary N) is 2. The van der Waals surface area contributed by atoms with Gasteiger partial charge in [-0.3, -0.25) is 4.79 Å². The predicted molar refractivity (Wildman–Crippen MR) is 102 cm³/mol. The summed E-state index contributed by atoms with van der Waals surface area (Å²) in [6.07, 6.45) is 1.41. The molecule has 0 saturated carbocycles. The molecule has 0 bridgehead atoms. The molecular weight excluding hydrogens is 394 g/mol. The second-order valence-corrected chi connectivity index (χ2v) is 6.57. The molecule has 6 nitrogen and oxygen atoms in total. The van der Waals surface area contributed by atoms with Crippen molar-refractivity contribution in [1.29, 1.82) is 0 Å². The molecule has 0 atom stereocenters. The van der Waals surface area contributed by atoms with E-state index in [1.165, 1.54) is 36.7 Å². The van der Waals surface area contributed by atoms with Crippen molar-refractivity contribution < 1.29 is 13.9 Å². The summed E-state index contributed by atoms with van der Waals surface area (Å²) in [5, 5.41) is 3.03. The number of halogens is 3. The van der Waals surface area contributed by atoms with Crippen LogP contribution < -0.4 is 15.8 Å². The molecule has 0 fully saturated rings. The maximum atomic E-state index is 14.8. The van der Waals surface area contributed by atoms with Crippen LogP contribution in [-0.2, 0) is 6.54 Å². The number of imidazole rings is 1. The lowest BCUT2D eigenvalue weighted by molar-refractivity contribution is 0.0945. The normalized spacial score (nSPS) is 10.7. The molecule has 0 aliphatic carbocycles. The summed E-state index contributed by atoms with van der Waals surface area (Å²) in [7, 11) is 0. The fourth-order valence-electron chi connectivity index (χ4n) is 2.41. The van der Waals surface area contributed by atoms with Crippen LogP contribution in [0.25, 0.3) is 0 Å². The standard InChI is InChI=1S/C18H15Cl2FN4O2/c1-9-16(25-8-24-9)18(26)23-7-10-2-3-14(20)17(15(10)21)27-13-5-11(19)4-12(22)6-13/h2-6,8H,7,22H2,1H3,(H,23,26)(H,24,25). The Bertz CT molecular complexity index is 987. The average Bonchev–Trinajstić information content (AvgIpc) is 3.03. The van der Waals surface area contributed by atoms with Crippen molar-refractivity contribution >= 4 is 34.8 Å². The van der Waals surface area contributed by atoms with E-state index in [0.717, 1.165) is 0 Å². The molecule has 3 rings (SSSR count). The lowest BCUT2D eigenvalue weighted by Crippen LogP contribution is -2.24. The Kier molecular flexibility index (Phi) is 5.53. The SMILES string of the molecule is Cc1[nH]cnc1C(=O)NCc1ccc(Cl)c(Oc2cc(N)cc(Cl)c2)c1F. The summed E-state index contributed by atoms with van der Waals surface area (Å²) in [6.45, 7) is 1.65. The van der Waals surface area contributed by atoms with Gasteiger partial charge in [-0.15, -0.1) is 0 Å². The van der Waals surface area contributed by atoms with Crippen LogP contribution in [0.15, 0.2) is 36.7 Å². The van der Waals surface area contributed by atoms with Crippen molar-refractivity contribution in [3.05, 3.63) is 69.5 Å². The van der Waals surface area contributed by atoms with Crippen LogP contribution in [0.3, 0.4) is 0 Å². The van der Waals surface area contributed by atoms with Gasteiger partial charge in [0.05, 0.1) is 11.3 Å². The third-order valence-electron chi connectivity index (χ3n) is 3.73. The quantitative estimate of drug-likeness (QED) is 0.542. The molecule has 0 spiro atoms. The minimum atomic E-state index is -0.694. The minimum absolute atomic E-state index is 0.0673. The van der Waals surface area contributed by atoms with E-state index < -0.39 is 11.7 Å². The smallest absolute Gasteiger partial charge is 0.272 e. The van der Waals surface area contributed by atoms with Crippen molar-refractivity contribution in [2.24, 2.45) is 0 Å². The van der Waals surface area contributed by atoms with Crippen LogP contribution in [0.1, 0.15) is 21.7 Å². The summed E-state index contributed by atoms with van der Waals surface area (Å²) in [6, 6.07) is 7.47. The lowest BCUT2D eigenvalue weighted by atomic mass is 10.2. The van der Waals surface area contributed by atoms with Gasteiger partial charge in [0.15, 0.2) is 11.6 Å². The summed E-state index contributed by atoms with van der Waals surface area (Å²) in [5.41, 5.74) is 7.14. The number of rotatable bonds is 5. The molecule has 0 aliphatic rings. The summed E-state index contributed by atoms with van der Waals surface area (Å²) in [4.78, 5) is 18.9. The number of hydrogen-bond donors (Lipinski definition) is 3. The van der Waals surface area contributed by atoms with Gasteiger partial charge in [0.2, 0.25) is 0 Å². The van der Waals surface area contributed by atoms with Gasteiger partial charge in [-0.05, 0) is 25.1 Å². The molecule has 9 heteroatoms. The lowest BCUT2D eigenvalue weighted by Gasteiger charge is -2.13. The van der Waals surface area contributed by atoms with E-state index >= 15 is 0 Å². The molecule has 4 N–H and O–H groups in total. The van der Waals surface area contributed by atoms with Crippen molar-refractivity contribution in [2.45, 2.75) is 13.5 Å². The highest BCUT2D eigenvalue weighted by Crippen LogP contribution is 2.35. The highest BCUT2D eigenvalue weighted by atomic mass is 35.5. The van der Waals surface area contributed by atoms with Gasteiger partial charge in [0, 0.05) is 34.6 Å². The number of benzene rings is 2. The topological polar surface area (TPSA) is 93.0 Å². The second kappa shape index (κ2) is 7.85. The number of carbonyl (C=O) groups excluding carboxylic acids is 1. The number of hydrogen-bond acceptors (Lipinski definition) is 4. The Hall–Kier alpha value is -2.77. The van der Waals surface area contributed by atoms with Crippen molar-refractivity contribution in [2.75, 3.05) is 5.73 Å². The molecule has 1 amide bonds. The zero-order valence-corrected chi connectivity index (χ0v) is 15.7. The van der Waals surface area contributed by atoms with Crippen LogP contribution in [0.5, 0.6) is 11.5 Å². The van der Waals surface area contributed by atoms with Gasteiger partial charge in [-0.25, -0.2) is 9.37 Å². The largest absolute Gasteiger partial charge is 0.453 e. The number of aromatic amines is 1. The third-order valence-corrected chi connectivity index (χ3v) is 4.24. The van der Waals surface area contributed by atoms with Gasteiger partial charge in [0.25, 0.3) is 5.91 Å². The van der Waals surface area contributed by atoms with Crippen molar-refractivity contribution in [3.63, 3.8) is 0 Å². The zero-order chi connectivity index (χ0) is 19.6. The Morgan fingerprint density at radius 3 is 2.78 bits per heavy atom. The number of nitrogens with zero attached hydrogens (tertiary/aromatic N) is 1. The first-order chi connectivity index (χ1) is 12.8. The van der Waals surface area contributed by atoms with E-state index in [0.29, 0.717) is 16.4 Å². The maximum Gasteiger partial charge on any atom is 0.272 e. The number of aromatic nitrogens is 2. The highest BCUT2D eigenvalue weighted by molar-refractivity contribution is 6.32. The molecule has 140 valence electrons. The summed E-state index contributed by atoms with van der Waals surface area (Å²) < 4.78 is 20.4. The van der Waals surface area contributed by atoms with E-state index in [4.69, 9.17) is 33.7 Å². The van der Waals surface area contributed by atoms with Gasteiger partial charge in [-0.2, -0.15) is 0 Å². The second-order valence-electron chi connectivity index (χ2n) is 5.73. The number of H-pyrrole nitrogens is 1. The Morgan fingerprint density at radius 2 is 2.11 bits per heavy atom. The van der Waals surface area contributed by atoms with E-state index in [2.05, 4.69) is 15.3 Å². The number of aryl methyl sites for hydroxylation is 1. The Balaban J connectivity index is 1.81. The van der Waals surface area contributed by atoms with E-state index in [9.17, 15) is 9.18 Å². The first-order valence-electron chi connectivity index (χ1n) is 7.84. The summed E-state index contributed by atoms with van der Waals surface area (Å²) >= 11 is 12.0. The van der Waals surface area contributed by atoms with E-state index in [-0.39, 0.29) is 34.3 Å². The number of nitrogen functional groups attached to an aromatic ring is 1. The van der Waals surface area contributed by atoms with Gasteiger partial charge in [-0.1, -0.05) is 29.3 Å². The van der Waals surface area contributed by atoms with Gasteiger partial charge in [0.1, 0.15) is 11.4 Å². The van der Waals surface area contributed by atoms with Gasteiger partial charge < -0.3 is 20.8 Å². The third kappa shape index (κ3) is 4.32. The number of nitrogens with two attached hydrogens (primary N) is 1. The molecule has 0 unspecified atom stereocenters. The highest BCUT2D eigenvalue weighted by Gasteiger charge is 2.17. The Morgan fingerprint density at radius 1 is 1.33 bits per heavy atom. The molecule has 0 saturated heterocycles. The molecule has 0 radical (unpaired) electrons. The molecule has 2 aromatic carbocycles. The summed E-state index contributed by atoms with van der Waals surface area (Å²) in [5.74, 6) is -1.05. The van der Waals surface area contributed by atoms with Crippen LogP contribution in [-0.4, -0.2) is 15.9 Å². The van der Waals surface area contributed by atoms with E-state index in [1.807, 2.05) is 0 Å². The zero-order valence-electron chi connectivity index (χ0n) is 14.1. The predicted octanol–water partition coefficient (Wildman–Crippen LogP) is 4.47. The van der Waals surface area contributed by atoms with Gasteiger partial charge >= 0.3 is 0 Å². The fraction of sp³-hybridized carbons (Fsp3) is 0.111. The number of amides is 1. The van der Waals surface area contributed by atoms with E-state index in [1.54, 1.807) is 6.92 Å². The van der Waals surface area contributed by atoms with Crippen molar-refractivity contribution in [1.82, 2.24) is 15.3 Å². The van der Waals surface area contributed by atoms with Crippen LogP contribution in [0.4, 0.5) is 10.1 Å². The number of carbonyl (C=O) groups is 1. The van der Waals surface area contributed by atoms with Crippen molar-refractivity contribution in [3.8, 4) is 11.5 Å². The molecular formula is C18H15Cl2FN4O2. The monoisotopic (exact) mass is 408 g/mol. The first kappa shape index (κ1) is 19.0. The number of anilines is 1. The number of ether oxygens (including phenoxy) is 1. The molecule has 1 aromatic heterocycles. The maximum absolute atomic E-state index is 14.8. The minimum Gasteiger partial charge on any atom is -0.453 e. The van der Waals surface area contributed by atoms with Crippen LogP contribution >= 0.6 is 23.2 Å². The molecule has 27 heavy (non-hydrogen) atoms. The average molecular weight is 409 g/mol. The molecule has 1 heterocycles. The fourth-order valence-corrected chi connectivity index (χ4v) is 2.83. The Labute approximate surface area is 164 Å².